The van der Waals surface area contributed by atoms with Crippen LogP contribution < -0.4 is 10.6 Å². The van der Waals surface area contributed by atoms with Crippen LogP contribution >= 0.6 is 0 Å². The largest absolute Gasteiger partial charge is 0.324 e. The van der Waals surface area contributed by atoms with Crippen molar-refractivity contribution in [3.05, 3.63) is 60.4 Å². The quantitative estimate of drug-likeness (QED) is 0.756. The van der Waals surface area contributed by atoms with Crippen LogP contribution in [-0.4, -0.2) is 26.6 Å². The molecule has 1 aromatic heterocycles. The van der Waals surface area contributed by atoms with Crippen molar-refractivity contribution >= 4 is 23.5 Å². The van der Waals surface area contributed by atoms with E-state index in [4.69, 9.17) is 0 Å². The zero-order valence-corrected chi connectivity index (χ0v) is 13.5. The maximum absolute atomic E-state index is 13.6. The average Bonchev–Trinajstić information content (AvgIpc) is 3.17. The smallest absolute Gasteiger partial charge is 0.252 e. The fourth-order valence-corrected chi connectivity index (χ4v) is 2.76. The topological polar surface area (TPSA) is 88.9 Å². The Morgan fingerprint density at radius 3 is 2.65 bits per heavy atom. The summed E-state index contributed by atoms with van der Waals surface area (Å²) in [4.78, 5) is 28.7. The summed E-state index contributed by atoms with van der Waals surface area (Å²) >= 11 is 0. The average molecular weight is 351 g/mol. The van der Waals surface area contributed by atoms with Crippen molar-refractivity contribution in [2.75, 3.05) is 10.6 Å². The van der Waals surface area contributed by atoms with E-state index >= 15 is 0 Å². The number of carbonyl (C=O) groups excluding carboxylic acids is 2. The van der Waals surface area contributed by atoms with Gasteiger partial charge in [-0.1, -0.05) is 42.5 Å². The minimum Gasteiger partial charge on any atom is -0.324 e. The maximum atomic E-state index is 13.6. The molecule has 1 aliphatic rings. The molecule has 3 aromatic rings. The van der Waals surface area contributed by atoms with E-state index in [9.17, 15) is 14.0 Å². The molecule has 2 N–H and O–H groups in total. The molecular weight excluding hydrogens is 337 g/mol. The van der Waals surface area contributed by atoms with Crippen molar-refractivity contribution in [2.24, 2.45) is 0 Å². The SMILES string of the molecule is O=C(C[C@@H]1C(=O)Nc2nc(-c3ccccc3)nn21)Nc1ccccc1F. The van der Waals surface area contributed by atoms with E-state index in [2.05, 4.69) is 20.7 Å². The predicted octanol–water partition coefficient (Wildman–Crippen LogP) is 2.61. The molecule has 4 rings (SSSR count). The molecule has 0 fully saturated rings. The van der Waals surface area contributed by atoms with Gasteiger partial charge in [0, 0.05) is 5.56 Å². The Bertz CT molecular complexity index is 986. The van der Waals surface area contributed by atoms with Crippen molar-refractivity contribution in [2.45, 2.75) is 12.5 Å². The number of aromatic nitrogens is 3. The third-order valence-electron chi connectivity index (χ3n) is 4.02. The molecule has 0 unspecified atom stereocenters. The summed E-state index contributed by atoms with van der Waals surface area (Å²) < 4.78 is 15.0. The maximum Gasteiger partial charge on any atom is 0.252 e. The van der Waals surface area contributed by atoms with Gasteiger partial charge in [0.15, 0.2) is 5.82 Å². The predicted molar refractivity (Wildman–Crippen MR) is 92.8 cm³/mol. The second-order valence-electron chi connectivity index (χ2n) is 5.81. The second-order valence-corrected chi connectivity index (χ2v) is 5.81. The Labute approximate surface area is 147 Å². The van der Waals surface area contributed by atoms with Gasteiger partial charge in [0.25, 0.3) is 5.91 Å². The summed E-state index contributed by atoms with van der Waals surface area (Å²) in [6.45, 7) is 0. The van der Waals surface area contributed by atoms with Crippen molar-refractivity contribution in [3.8, 4) is 11.4 Å². The first kappa shape index (κ1) is 15.9. The van der Waals surface area contributed by atoms with Crippen molar-refractivity contribution in [1.29, 1.82) is 0 Å². The number of nitrogens with zero attached hydrogens (tertiary/aromatic N) is 3. The third kappa shape index (κ3) is 2.92. The first-order valence-electron chi connectivity index (χ1n) is 7.99. The minimum atomic E-state index is -0.832. The standard InChI is InChI=1S/C18H14FN5O2/c19-12-8-4-5-9-13(12)20-15(25)10-14-17(26)22-18-21-16(23-24(14)18)11-6-2-1-3-7-11/h1-9,14H,10H2,(H,20,25)(H,21,22,23,26)/t14-/m1/s1. The van der Waals surface area contributed by atoms with E-state index < -0.39 is 17.8 Å². The van der Waals surface area contributed by atoms with E-state index in [0.29, 0.717) is 5.82 Å². The molecule has 0 bridgehead atoms. The molecule has 1 aliphatic heterocycles. The minimum absolute atomic E-state index is 0.0692. The third-order valence-corrected chi connectivity index (χ3v) is 4.02. The Kier molecular flexibility index (Phi) is 3.92. The summed E-state index contributed by atoms with van der Waals surface area (Å²) in [5, 5.41) is 9.42. The van der Waals surface area contributed by atoms with Gasteiger partial charge in [0.1, 0.15) is 11.9 Å². The van der Waals surface area contributed by atoms with Crippen LogP contribution in [-0.2, 0) is 9.59 Å². The highest BCUT2D eigenvalue weighted by atomic mass is 19.1. The lowest BCUT2D eigenvalue weighted by atomic mass is 10.2. The Hall–Kier alpha value is -3.55. The van der Waals surface area contributed by atoms with E-state index in [1.54, 1.807) is 6.07 Å². The molecule has 2 heterocycles. The molecule has 0 aliphatic carbocycles. The number of halogens is 1. The number of amides is 2. The number of para-hydroxylation sites is 1. The molecule has 2 aromatic carbocycles. The zero-order valence-electron chi connectivity index (χ0n) is 13.5. The van der Waals surface area contributed by atoms with Crippen LogP contribution in [0.2, 0.25) is 0 Å². The molecule has 7 nitrogen and oxygen atoms in total. The van der Waals surface area contributed by atoms with Gasteiger partial charge in [-0.25, -0.2) is 9.07 Å². The number of hydrogen-bond acceptors (Lipinski definition) is 4. The highest BCUT2D eigenvalue weighted by Crippen LogP contribution is 2.28. The van der Waals surface area contributed by atoms with Gasteiger partial charge in [0.05, 0.1) is 12.1 Å². The highest BCUT2D eigenvalue weighted by molar-refractivity contribution is 6.01. The molecule has 26 heavy (non-hydrogen) atoms. The number of hydrogen-bond donors (Lipinski definition) is 2. The Morgan fingerprint density at radius 1 is 1.15 bits per heavy atom. The Morgan fingerprint density at radius 2 is 1.88 bits per heavy atom. The lowest BCUT2D eigenvalue weighted by Crippen LogP contribution is -2.24. The highest BCUT2D eigenvalue weighted by Gasteiger charge is 2.35. The number of carbonyl (C=O) groups is 2. The lowest BCUT2D eigenvalue weighted by molar-refractivity contribution is -0.123. The van der Waals surface area contributed by atoms with Gasteiger partial charge in [-0.3, -0.25) is 14.9 Å². The molecule has 2 amide bonds. The molecule has 0 saturated carbocycles. The van der Waals surface area contributed by atoms with Gasteiger partial charge >= 0.3 is 0 Å². The number of rotatable bonds is 4. The summed E-state index contributed by atoms with van der Waals surface area (Å²) in [7, 11) is 0. The van der Waals surface area contributed by atoms with Crippen molar-refractivity contribution in [3.63, 3.8) is 0 Å². The van der Waals surface area contributed by atoms with Crippen molar-refractivity contribution in [1.82, 2.24) is 14.8 Å². The number of nitrogens with one attached hydrogen (secondary N) is 2. The van der Waals surface area contributed by atoms with Crippen LogP contribution in [0.15, 0.2) is 54.6 Å². The summed E-state index contributed by atoms with van der Waals surface area (Å²) in [5.74, 6) is -0.648. The van der Waals surface area contributed by atoms with Gasteiger partial charge in [-0.15, -0.1) is 5.10 Å². The summed E-state index contributed by atoms with van der Waals surface area (Å²) in [6, 6.07) is 14.3. The van der Waals surface area contributed by atoms with Gasteiger partial charge in [-0.05, 0) is 12.1 Å². The van der Waals surface area contributed by atoms with Gasteiger partial charge < -0.3 is 5.32 Å². The normalized spacial score (nSPS) is 15.4. The van der Waals surface area contributed by atoms with Gasteiger partial charge in [-0.2, -0.15) is 4.98 Å². The van der Waals surface area contributed by atoms with E-state index in [1.165, 1.54) is 22.9 Å². The number of benzene rings is 2. The van der Waals surface area contributed by atoms with Crippen LogP contribution in [0, 0.1) is 5.82 Å². The summed E-state index contributed by atoms with van der Waals surface area (Å²) in [6.07, 6.45) is -0.176. The van der Waals surface area contributed by atoms with Crippen molar-refractivity contribution < 1.29 is 14.0 Å². The zero-order chi connectivity index (χ0) is 18.1. The van der Waals surface area contributed by atoms with Crippen LogP contribution in [0.3, 0.4) is 0 Å². The first-order valence-corrected chi connectivity index (χ1v) is 7.99. The monoisotopic (exact) mass is 351 g/mol. The fraction of sp³-hybridized carbons (Fsp3) is 0.111. The number of fused-ring (bicyclic) bond motifs is 1. The van der Waals surface area contributed by atoms with Crippen LogP contribution in [0.5, 0.6) is 0 Å². The molecule has 0 spiro atoms. The van der Waals surface area contributed by atoms with Crippen LogP contribution in [0.4, 0.5) is 16.0 Å². The fourth-order valence-electron chi connectivity index (χ4n) is 2.76. The van der Waals surface area contributed by atoms with Crippen LogP contribution in [0.1, 0.15) is 12.5 Å². The molecule has 0 saturated heterocycles. The second kappa shape index (κ2) is 6.40. The molecule has 1 atom stereocenters. The first-order chi connectivity index (χ1) is 12.6. The molecule has 130 valence electrons. The molecule has 8 heteroatoms. The van der Waals surface area contributed by atoms with E-state index in [1.807, 2.05) is 30.3 Å². The van der Waals surface area contributed by atoms with Gasteiger partial charge in [0.2, 0.25) is 11.9 Å². The van der Waals surface area contributed by atoms with E-state index in [0.717, 1.165) is 5.56 Å². The van der Waals surface area contributed by atoms with Crippen LogP contribution in [0.25, 0.3) is 11.4 Å². The lowest BCUT2D eigenvalue weighted by Gasteiger charge is -2.10. The summed E-state index contributed by atoms with van der Waals surface area (Å²) in [5.41, 5.74) is 0.873. The number of anilines is 2. The molecule has 0 radical (unpaired) electrons. The molecular formula is C18H14FN5O2. The Balaban J connectivity index is 1.53. The van der Waals surface area contributed by atoms with E-state index in [-0.39, 0.29) is 24.0 Å².